The van der Waals surface area contributed by atoms with Crippen molar-refractivity contribution in [1.82, 2.24) is 10.2 Å². The second kappa shape index (κ2) is 18.7. The summed E-state index contributed by atoms with van der Waals surface area (Å²) in [6, 6.07) is 9.65. The fourth-order valence-electron chi connectivity index (χ4n) is 7.66. The van der Waals surface area contributed by atoms with Crippen molar-refractivity contribution in [2.24, 2.45) is 28.8 Å². The fourth-order valence-corrected chi connectivity index (χ4v) is 7.66. The smallest absolute Gasteiger partial charge is 0.311 e. The summed E-state index contributed by atoms with van der Waals surface area (Å²) in [6.07, 6.45) is -6.75. The van der Waals surface area contributed by atoms with E-state index >= 15 is 0 Å². The molecule has 0 saturated carbocycles. The first-order valence-corrected chi connectivity index (χ1v) is 18.4. The zero-order chi connectivity index (χ0) is 38.3. The van der Waals surface area contributed by atoms with E-state index in [2.05, 4.69) is 10.5 Å². The standard InChI is InChI=1S/C38H65N3O10/c1-11-29-38(8,47)33(44)24(4)30(40-48-18-17-39-21-27-15-13-12-14-16-27)22(2)20-37(7,46)34(25(5)31(42)26(6)35(45)50-29)51-36-32(43)28(41(9)10)19-23(3)49-36/h12-16,22-26,28-29,31-34,36,39,42-44,46-47H,11,17-21H2,1-10H3/b40-30+/t22-,23-,24+,25+,26-,28+,29-,31+,32-,33-,34-,36+,37?,38-/m1/s1. The number of aliphatic hydroxyl groups is 5. The normalized spacial score (nSPS) is 41.3. The molecular weight excluding hydrogens is 658 g/mol. The number of hydrogen-bond acceptors (Lipinski definition) is 13. The van der Waals surface area contributed by atoms with Crippen LogP contribution in [0.4, 0.5) is 0 Å². The average Bonchev–Trinajstić information content (AvgIpc) is 3.08. The number of esters is 1. The number of oxime groups is 1. The van der Waals surface area contributed by atoms with Crippen molar-refractivity contribution >= 4 is 11.7 Å². The third kappa shape index (κ3) is 10.9. The Labute approximate surface area is 304 Å². The number of ether oxygens (including phenoxy) is 3. The maximum atomic E-state index is 13.5. The summed E-state index contributed by atoms with van der Waals surface area (Å²) in [7, 11) is 3.72. The van der Waals surface area contributed by atoms with E-state index in [0.29, 0.717) is 25.2 Å². The van der Waals surface area contributed by atoms with Crippen LogP contribution in [-0.4, -0.2) is 130 Å². The number of benzene rings is 1. The molecule has 3 rings (SSSR count). The summed E-state index contributed by atoms with van der Waals surface area (Å²) in [4.78, 5) is 21.2. The van der Waals surface area contributed by atoms with Crippen LogP contribution >= 0.6 is 0 Å². The van der Waals surface area contributed by atoms with Gasteiger partial charge in [-0.3, -0.25) is 4.79 Å². The number of nitrogens with zero attached hydrogens (tertiary/aromatic N) is 2. The van der Waals surface area contributed by atoms with Gasteiger partial charge in [-0.25, -0.2) is 0 Å². The molecular formula is C38H65N3O10. The van der Waals surface area contributed by atoms with Gasteiger partial charge in [0.1, 0.15) is 24.4 Å². The number of cyclic esters (lactones) is 1. The maximum absolute atomic E-state index is 13.5. The molecule has 292 valence electrons. The van der Waals surface area contributed by atoms with Crippen molar-refractivity contribution in [3.05, 3.63) is 35.9 Å². The third-order valence-electron chi connectivity index (χ3n) is 10.8. The van der Waals surface area contributed by atoms with Gasteiger partial charge < -0.3 is 54.8 Å². The lowest BCUT2D eigenvalue weighted by Crippen LogP contribution is -2.60. The van der Waals surface area contributed by atoms with Crippen LogP contribution in [0.2, 0.25) is 0 Å². The number of aliphatic hydroxyl groups excluding tert-OH is 3. The quantitative estimate of drug-likeness (QED) is 0.118. The zero-order valence-electron chi connectivity index (χ0n) is 32.2. The number of likely N-dealkylation sites (N-methyl/N-ethyl adjacent to an activating group) is 1. The number of rotatable bonds is 10. The van der Waals surface area contributed by atoms with E-state index in [9.17, 15) is 30.3 Å². The van der Waals surface area contributed by atoms with E-state index in [4.69, 9.17) is 19.0 Å². The van der Waals surface area contributed by atoms with Crippen LogP contribution < -0.4 is 5.32 Å². The van der Waals surface area contributed by atoms with Crippen LogP contribution in [0.5, 0.6) is 0 Å². The highest BCUT2D eigenvalue weighted by Crippen LogP contribution is 2.38. The molecule has 2 saturated heterocycles. The molecule has 0 aromatic heterocycles. The Kier molecular flexibility index (Phi) is 15.9. The SMILES string of the molecule is CC[C@H]1OC(=O)[C@H](C)[C@@H](O)[C@H](C)[C@@H](O[C@@H]2O[C@H](C)C[C@H](N(C)C)[C@H]2O)C(C)(O)C[C@@H](C)/C(=N\OCCNCc2ccccc2)[C@H](C)[C@@H](O)[C@]1(C)O. The van der Waals surface area contributed by atoms with Gasteiger partial charge in [-0.1, -0.05) is 63.2 Å². The highest BCUT2D eigenvalue weighted by atomic mass is 16.7. The molecule has 0 aliphatic carbocycles. The first kappa shape index (κ1) is 43.2. The highest BCUT2D eigenvalue weighted by molar-refractivity contribution is 5.88. The lowest BCUT2D eigenvalue weighted by molar-refractivity contribution is -0.298. The molecule has 2 aliphatic heterocycles. The predicted octanol–water partition coefficient (Wildman–Crippen LogP) is 2.45. The first-order chi connectivity index (χ1) is 23.8. The molecule has 0 amide bonds. The van der Waals surface area contributed by atoms with Gasteiger partial charge in [0.2, 0.25) is 0 Å². The van der Waals surface area contributed by atoms with E-state index in [-0.39, 0.29) is 31.6 Å². The van der Waals surface area contributed by atoms with Crippen LogP contribution in [0, 0.1) is 23.7 Å². The second-order valence-electron chi connectivity index (χ2n) is 15.5. The Morgan fingerprint density at radius 2 is 1.65 bits per heavy atom. The molecule has 13 heteroatoms. The van der Waals surface area contributed by atoms with Gasteiger partial charge in [0.25, 0.3) is 0 Å². The molecule has 1 aromatic rings. The largest absolute Gasteiger partial charge is 0.459 e. The summed E-state index contributed by atoms with van der Waals surface area (Å²) < 4.78 is 18.3. The van der Waals surface area contributed by atoms with Crippen LogP contribution in [0.1, 0.15) is 80.2 Å². The van der Waals surface area contributed by atoms with E-state index in [1.165, 1.54) is 13.8 Å². The van der Waals surface area contributed by atoms with Crippen LogP contribution in [0.3, 0.4) is 0 Å². The van der Waals surface area contributed by atoms with Gasteiger partial charge in [-0.15, -0.1) is 0 Å². The van der Waals surface area contributed by atoms with Gasteiger partial charge >= 0.3 is 5.97 Å². The fraction of sp³-hybridized carbons (Fsp3) is 0.789. The molecule has 1 unspecified atom stereocenters. The first-order valence-electron chi connectivity index (χ1n) is 18.4. The molecule has 2 aliphatic rings. The third-order valence-corrected chi connectivity index (χ3v) is 10.8. The Hall–Kier alpha value is -2.20. The Bertz CT molecular complexity index is 1250. The lowest BCUT2D eigenvalue weighted by Gasteiger charge is -2.47. The minimum atomic E-state index is -1.90. The number of carbonyl (C=O) groups is 1. The summed E-state index contributed by atoms with van der Waals surface area (Å²) in [5.41, 5.74) is -2.09. The van der Waals surface area contributed by atoms with Gasteiger partial charge in [0, 0.05) is 36.9 Å². The van der Waals surface area contributed by atoms with E-state index in [1.807, 2.05) is 63.2 Å². The molecule has 2 heterocycles. The topological polar surface area (TPSA) is 183 Å². The average molecular weight is 724 g/mol. The minimum absolute atomic E-state index is 0.0217. The van der Waals surface area contributed by atoms with Gasteiger partial charge in [0.05, 0.1) is 41.6 Å². The Balaban J connectivity index is 1.99. The van der Waals surface area contributed by atoms with Crippen molar-refractivity contribution in [2.45, 2.75) is 141 Å². The van der Waals surface area contributed by atoms with E-state index < -0.39 is 77.7 Å². The molecule has 51 heavy (non-hydrogen) atoms. The van der Waals surface area contributed by atoms with Gasteiger partial charge in [-0.2, -0.15) is 0 Å². The molecule has 14 atom stereocenters. The molecule has 0 radical (unpaired) electrons. The summed E-state index contributed by atoms with van der Waals surface area (Å²) >= 11 is 0. The monoisotopic (exact) mass is 723 g/mol. The number of nitrogens with one attached hydrogen (secondary N) is 1. The molecule has 6 N–H and O–H groups in total. The molecule has 0 spiro atoms. The van der Waals surface area contributed by atoms with Gasteiger partial charge in [0.15, 0.2) is 6.29 Å². The number of hydrogen-bond donors (Lipinski definition) is 6. The van der Waals surface area contributed by atoms with Crippen LogP contribution in [0.15, 0.2) is 35.5 Å². The van der Waals surface area contributed by atoms with Crippen molar-refractivity contribution in [3.63, 3.8) is 0 Å². The van der Waals surface area contributed by atoms with Gasteiger partial charge in [-0.05, 0) is 66.6 Å². The second-order valence-corrected chi connectivity index (χ2v) is 15.5. The van der Waals surface area contributed by atoms with Crippen molar-refractivity contribution < 1.29 is 49.4 Å². The Morgan fingerprint density at radius 1 is 1.00 bits per heavy atom. The molecule has 0 bridgehead atoms. The minimum Gasteiger partial charge on any atom is -0.459 e. The predicted molar refractivity (Wildman–Crippen MR) is 194 cm³/mol. The molecule has 1 aromatic carbocycles. The maximum Gasteiger partial charge on any atom is 0.311 e. The highest BCUT2D eigenvalue weighted by Gasteiger charge is 2.51. The van der Waals surface area contributed by atoms with Crippen molar-refractivity contribution in [2.75, 3.05) is 27.2 Å². The van der Waals surface area contributed by atoms with Crippen LogP contribution in [-0.2, 0) is 30.4 Å². The molecule has 13 nitrogen and oxygen atoms in total. The molecule has 2 fully saturated rings. The number of carbonyl (C=O) groups excluding carboxylic acids is 1. The van der Waals surface area contributed by atoms with E-state index in [0.717, 1.165) is 5.56 Å². The lowest BCUT2D eigenvalue weighted by atomic mass is 9.73. The summed E-state index contributed by atoms with van der Waals surface area (Å²) in [6.45, 7) is 14.7. The van der Waals surface area contributed by atoms with E-state index in [1.54, 1.807) is 27.7 Å². The summed E-state index contributed by atoms with van der Waals surface area (Å²) in [5, 5.41) is 66.4. The summed E-state index contributed by atoms with van der Waals surface area (Å²) in [5.74, 6) is -4.07. The zero-order valence-corrected chi connectivity index (χ0v) is 32.2. The Morgan fingerprint density at radius 3 is 2.25 bits per heavy atom. The van der Waals surface area contributed by atoms with Crippen LogP contribution in [0.25, 0.3) is 0 Å². The van der Waals surface area contributed by atoms with Crippen molar-refractivity contribution in [3.8, 4) is 0 Å². The van der Waals surface area contributed by atoms with Crippen molar-refractivity contribution in [1.29, 1.82) is 0 Å².